The summed E-state index contributed by atoms with van der Waals surface area (Å²) in [6.07, 6.45) is 0.836. The number of hydrogen-bond donors (Lipinski definition) is 2. The van der Waals surface area contributed by atoms with Crippen LogP contribution >= 0.6 is 0 Å². The van der Waals surface area contributed by atoms with Gasteiger partial charge in [-0.3, -0.25) is 9.59 Å². The molecule has 3 aromatic heterocycles. The zero-order valence-corrected chi connectivity index (χ0v) is 27.0. The summed E-state index contributed by atoms with van der Waals surface area (Å²) in [5.41, 5.74) is 7.26. The lowest BCUT2D eigenvalue weighted by atomic mass is 9.84. The summed E-state index contributed by atoms with van der Waals surface area (Å²) in [7, 11) is 3.46. The minimum atomic E-state index is -4.72. The Kier molecular flexibility index (Phi) is 8.54. The topological polar surface area (TPSA) is 120 Å². The molecule has 6 rings (SSSR count). The summed E-state index contributed by atoms with van der Waals surface area (Å²) in [6, 6.07) is 8.29. The van der Waals surface area contributed by atoms with Crippen molar-refractivity contribution in [1.29, 1.82) is 0 Å². The van der Waals surface area contributed by atoms with Gasteiger partial charge in [-0.05, 0) is 76.3 Å². The Labute approximate surface area is 270 Å². The third-order valence-corrected chi connectivity index (χ3v) is 9.50. The summed E-state index contributed by atoms with van der Waals surface area (Å²) < 4.78 is 51.9. The summed E-state index contributed by atoms with van der Waals surface area (Å²) in [5, 5.41) is 3.38. The molecular weight excluding hydrogens is 611 g/mol. The molecule has 0 saturated carbocycles. The number of benzene rings is 1. The quantitative estimate of drug-likeness (QED) is 0.277. The van der Waals surface area contributed by atoms with E-state index in [-0.39, 0.29) is 11.9 Å². The molecular formula is C34H40F3N7O3. The van der Waals surface area contributed by atoms with Gasteiger partial charge in [0, 0.05) is 43.7 Å². The summed E-state index contributed by atoms with van der Waals surface area (Å²) in [5.74, 6) is -0.0453. The molecule has 1 saturated heterocycles. The third kappa shape index (κ3) is 5.85. The second-order valence-corrected chi connectivity index (χ2v) is 12.9. The zero-order chi connectivity index (χ0) is 33.7. The van der Waals surface area contributed by atoms with Crippen molar-refractivity contribution in [1.82, 2.24) is 29.3 Å². The third-order valence-electron chi connectivity index (χ3n) is 9.50. The molecule has 5 heterocycles. The van der Waals surface area contributed by atoms with Gasteiger partial charge in [0.15, 0.2) is 5.82 Å². The number of methoxy groups -OCH3 is 1. The number of alkyl halides is 3. The number of allylic oxidation sites excluding steroid dienone is 2. The van der Waals surface area contributed by atoms with Crippen molar-refractivity contribution in [2.75, 3.05) is 20.2 Å². The van der Waals surface area contributed by atoms with E-state index in [0.29, 0.717) is 66.5 Å². The van der Waals surface area contributed by atoms with Crippen molar-refractivity contribution >= 4 is 33.9 Å². The average molecular weight is 652 g/mol. The highest BCUT2D eigenvalue weighted by atomic mass is 19.4. The fraction of sp³-hybridized carbons (Fsp3) is 0.471. The molecule has 4 aromatic rings. The standard InChI is InChI=1S/C34H40F3N7O3/c1-20-24-12-11-21-17-26(44(29(21)40-24)15-8-6-5-7-13-33(2,32(46)39-20)34(35,36)37)30-41-25-16-22(18-27(47-4)28(25)42(30)3)31(45)43-14-9-10-23(38)19-43/h5,7,11-12,16-18,20,23H,6,8-10,13-15,19,38H2,1-4H3,(H,39,46)/b7-5+/t20-,23-,33-/m1/s1. The number of likely N-dealkylation sites (tertiary alicyclic amines) is 1. The van der Waals surface area contributed by atoms with Gasteiger partial charge in [-0.15, -0.1) is 0 Å². The van der Waals surface area contributed by atoms with Crippen LogP contribution in [0, 0.1) is 5.41 Å². The number of aromatic nitrogens is 4. The molecule has 250 valence electrons. The number of nitrogens with two attached hydrogens (primary N) is 1. The van der Waals surface area contributed by atoms with Gasteiger partial charge in [-0.1, -0.05) is 12.2 Å². The van der Waals surface area contributed by atoms with E-state index < -0.39 is 30.0 Å². The second kappa shape index (κ2) is 12.3. The number of aryl methyl sites for hydroxylation is 2. The number of imidazole rings is 1. The van der Waals surface area contributed by atoms with Gasteiger partial charge in [0.1, 0.15) is 22.3 Å². The van der Waals surface area contributed by atoms with Crippen LogP contribution in [0.3, 0.4) is 0 Å². The first-order valence-corrected chi connectivity index (χ1v) is 15.9. The van der Waals surface area contributed by atoms with Crippen LogP contribution in [0.25, 0.3) is 33.6 Å². The Hall–Kier alpha value is -4.39. The van der Waals surface area contributed by atoms with Crippen molar-refractivity contribution in [3.8, 4) is 17.3 Å². The second-order valence-electron chi connectivity index (χ2n) is 12.9. The number of fused-ring (bicyclic) bond motifs is 2. The van der Waals surface area contributed by atoms with E-state index in [4.69, 9.17) is 20.4 Å². The van der Waals surface area contributed by atoms with Crippen LogP contribution in [0.4, 0.5) is 13.2 Å². The van der Waals surface area contributed by atoms with Crippen LogP contribution in [0.15, 0.2) is 42.5 Å². The van der Waals surface area contributed by atoms with E-state index >= 15 is 0 Å². The maximum atomic E-state index is 14.1. The maximum absolute atomic E-state index is 14.1. The molecule has 0 spiro atoms. The number of carbonyl (C=O) groups excluding carboxylic acids is 2. The van der Waals surface area contributed by atoms with E-state index in [2.05, 4.69) is 9.88 Å². The predicted molar refractivity (Wildman–Crippen MR) is 173 cm³/mol. The Morgan fingerprint density at radius 2 is 1.91 bits per heavy atom. The van der Waals surface area contributed by atoms with E-state index in [1.54, 1.807) is 43.2 Å². The minimum Gasteiger partial charge on any atom is -0.494 e. The van der Waals surface area contributed by atoms with Crippen LogP contribution in [0.5, 0.6) is 5.75 Å². The summed E-state index contributed by atoms with van der Waals surface area (Å²) in [6.45, 7) is 4.24. The van der Waals surface area contributed by atoms with Gasteiger partial charge in [0.2, 0.25) is 5.91 Å². The number of rotatable bonds is 3. The number of nitrogens with one attached hydrogen (secondary N) is 1. The fourth-order valence-electron chi connectivity index (χ4n) is 6.56. The highest BCUT2D eigenvalue weighted by Gasteiger charge is 2.56. The van der Waals surface area contributed by atoms with Gasteiger partial charge in [0.05, 0.1) is 30.1 Å². The zero-order valence-electron chi connectivity index (χ0n) is 27.0. The van der Waals surface area contributed by atoms with Gasteiger partial charge >= 0.3 is 6.18 Å². The first-order chi connectivity index (χ1) is 22.3. The van der Waals surface area contributed by atoms with Crippen LogP contribution in [0.1, 0.15) is 68.0 Å². The molecule has 2 amide bonds. The normalized spacial score (nSPS) is 23.6. The van der Waals surface area contributed by atoms with Gasteiger partial charge in [-0.25, -0.2) is 9.97 Å². The summed E-state index contributed by atoms with van der Waals surface area (Å²) in [4.78, 5) is 38.1. The molecule has 3 N–H and O–H groups in total. The number of halogens is 3. The molecule has 1 fully saturated rings. The van der Waals surface area contributed by atoms with Gasteiger partial charge in [-0.2, -0.15) is 13.2 Å². The van der Waals surface area contributed by atoms with Crippen molar-refractivity contribution in [3.05, 3.63) is 53.7 Å². The number of nitrogens with zero attached hydrogens (tertiary/aromatic N) is 5. The van der Waals surface area contributed by atoms with E-state index in [9.17, 15) is 22.8 Å². The van der Waals surface area contributed by atoms with Crippen LogP contribution in [0.2, 0.25) is 0 Å². The van der Waals surface area contributed by atoms with Crippen molar-refractivity contribution in [2.45, 2.75) is 70.8 Å². The first kappa shape index (κ1) is 32.5. The monoisotopic (exact) mass is 651 g/mol. The number of amides is 2. The largest absolute Gasteiger partial charge is 0.494 e. The number of hydrogen-bond acceptors (Lipinski definition) is 6. The van der Waals surface area contributed by atoms with E-state index in [1.807, 2.05) is 23.7 Å². The Morgan fingerprint density at radius 3 is 2.64 bits per heavy atom. The Morgan fingerprint density at radius 1 is 1.13 bits per heavy atom. The number of ether oxygens (including phenoxy) is 1. The molecule has 13 heteroatoms. The molecule has 47 heavy (non-hydrogen) atoms. The predicted octanol–water partition coefficient (Wildman–Crippen LogP) is 5.65. The summed E-state index contributed by atoms with van der Waals surface area (Å²) >= 11 is 0. The van der Waals surface area contributed by atoms with Gasteiger partial charge in [0.25, 0.3) is 5.91 Å². The smallest absolute Gasteiger partial charge is 0.403 e. The van der Waals surface area contributed by atoms with Crippen molar-refractivity contribution < 1.29 is 27.5 Å². The SMILES string of the molecule is COc1cc(C(=O)N2CCC[C@@H](N)C2)cc2nc(-c3cc4ccc5nc4n3CCC/C=C/C[C@@](C)(C(F)(F)F)C(=O)N[C@@H]5C)n(C)c12. The highest BCUT2D eigenvalue weighted by molar-refractivity contribution is 6.00. The lowest BCUT2D eigenvalue weighted by Crippen LogP contribution is -2.49. The lowest BCUT2D eigenvalue weighted by molar-refractivity contribution is -0.216. The number of pyridine rings is 1. The molecule has 2 aliphatic rings. The molecule has 10 nitrogen and oxygen atoms in total. The molecule has 0 unspecified atom stereocenters. The maximum Gasteiger partial charge on any atom is 0.403 e. The fourth-order valence-corrected chi connectivity index (χ4v) is 6.56. The molecule has 2 aliphatic heterocycles. The lowest BCUT2D eigenvalue weighted by Gasteiger charge is -2.31. The molecule has 0 radical (unpaired) electrons. The first-order valence-electron chi connectivity index (χ1n) is 15.9. The van der Waals surface area contributed by atoms with Crippen molar-refractivity contribution in [2.24, 2.45) is 18.2 Å². The Balaban J connectivity index is 1.43. The Bertz CT molecular complexity index is 1880. The minimum absolute atomic E-state index is 0.0477. The highest BCUT2D eigenvalue weighted by Crippen LogP contribution is 2.42. The van der Waals surface area contributed by atoms with E-state index in [0.717, 1.165) is 36.4 Å². The molecule has 3 atom stereocenters. The molecule has 1 aromatic carbocycles. The number of carbonyl (C=O) groups is 2. The molecule has 0 aliphatic carbocycles. The molecule has 2 bridgehead atoms. The van der Waals surface area contributed by atoms with Crippen LogP contribution < -0.4 is 15.8 Å². The van der Waals surface area contributed by atoms with Crippen molar-refractivity contribution in [3.63, 3.8) is 0 Å². The van der Waals surface area contributed by atoms with Crippen LogP contribution in [-0.4, -0.2) is 68.2 Å². The van der Waals surface area contributed by atoms with Crippen LogP contribution in [-0.2, 0) is 18.4 Å². The average Bonchev–Trinajstić information content (AvgIpc) is 3.57. The van der Waals surface area contributed by atoms with E-state index in [1.165, 1.54) is 6.08 Å². The number of piperidine rings is 1. The van der Waals surface area contributed by atoms with Gasteiger partial charge < -0.3 is 29.8 Å².